The maximum atomic E-state index is 10.6. The van der Waals surface area contributed by atoms with Crippen molar-refractivity contribution in [1.82, 2.24) is 20.6 Å². The Morgan fingerprint density at radius 3 is 1.48 bits per heavy atom. The number of hydrogen-bond acceptors (Lipinski definition) is 3. The van der Waals surface area contributed by atoms with E-state index in [4.69, 9.17) is 0 Å². The molecule has 3 rings (SSSR count). The van der Waals surface area contributed by atoms with Crippen molar-refractivity contribution >= 4 is 0 Å². The molecule has 0 aliphatic carbocycles. The molecule has 5 heteroatoms. The van der Waals surface area contributed by atoms with Crippen LogP contribution in [0.25, 0.3) is 0 Å². The van der Waals surface area contributed by atoms with E-state index in [0.29, 0.717) is 10.8 Å². The highest BCUT2D eigenvalue weighted by Crippen LogP contribution is 2.26. The van der Waals surface area contributed by atoms with Crippen LogP contribution >= 0.6 is 0 Å². The van der Waals surface area contributed by atoms with Crippen molar-refractivity contribution in [1.29, 1.82) is 0 Å². The zero-order chi connectivity index (χ0) is 22.3. The van der Waals surface area contributed by atoms with Gasteiger partial charge in [-0.3, -0.25) is 0 Å². The van der Waals surface area contributed by atoms with Crippen LogP contribution in [0, 0.1) is 10.8 Å². The van der Waals surface area contributed by atoms with Gasteiger partial charge in [-0.05, 0) is 49.6 Å². The van der Waals surface area contributed by atoms with Crippen molar-refractivity contribution in [3.05, 3.63) is 22.4 Å². The van der Waals surface area contributed by atoms with Gasteiger partial charge in [0, 0.05) is 29.4 Å². The molecule has 0 aromatic carbocycles. The van der Waals surface area contributed by atoms with Gasteiger partial charge < -0.3 is 20.6 Å². The number of hydrogen-bond donors (Lipinski definition) is 4. The summed E-state index contributed by atoms with van der Waals surface area (Å²) in [6, 6.07) is 1.51. The second kappa shape index (κ2) is 10.8. The lowest BCUT2D eigenvalue weighted by atomic mass is 9.82. The Hall–Kier alpha value is -1.07. The quantitative estimate of drug-likeness (QED) is 0.490. The maximum Gasteiger partial charge on any atom is 0.323 e. The summed E-state index contributed by atoms with van der Waals surface area (Å²) in [5.41, 5.74) is 1.76. The van der Waals surface area contributed by atoms with Crippen LogP contribution in [0.15, 0.2) is 11.0 Å². The lowest BCUT2D eigenvalue weighted by Gasteiger charge is -2.34. The molecule has 2 atom stereocenters. The Labute approximate surface area is 179 Å². The molecular weight excluding hydrogens is 360 g/mol. The van der Waals surface area contributed by atoms with Gasteiger partial charge in [-0.2, -0.15) is 0 Å². The van der Waals surface area contributed by atoms with Gasteiger partial charge in [0.25, 0.3) is 0 Å². The molecule has 29 heavy (non-hydrogen) atoms. The number of H-pyrrole nitrogens is 2. The fourth-order valence-corrected chi connectivity index (χ4v) is 3.75. The Bertz CT molecular complexity index is 613. The molecule has 1 aromatic heterocycles. The normalized spacial score (nSPS) is 22.9. The zero-order valence-corrected chi connectivity index (χ0v) is 20.6. The molecule has 4 N–H and O–H groups in total. The smallest absolute Gasteiger partial charge is 0.313 e. The maximum absolute atomic E-state index is 10.6. The number of rotatable bonds is 0. The van der Waals surface area contributed by atoms with Gasteiger partial charge in [0.1, 0.15) is 0 Å². The van der Waals surface area contributed by atoms with Crippen molar-refractivity contribution in [2.75, 3.05) is 13.1 Å². The van der Waals surface area contributed by atoms with E-state index in [0.717, 1.165) is 17.8 Å². The minimum atomic E-state index is -0.134. The second-order valence-electron chi connectivity index (χ2n) is 11.8. The SMILES string of the molecule is CC(C)(C)C1CCCCN1.CC(C)(C)C1CCCN1.CC(C)(C)c1c[nH]c(=O)[nH]1. The first-order valence-corrected chi connectivity index (χ1v) is 11.5. The van der Waals surface area contributed by atoms with Gasteiger partial charge >= 0.3 is 5.69 Å². The minimum absolute atomic E-state index is 0.0269. The van der Waals surface area contributed by atoms with Crippen LogP contribution < -0.4 is 16.3 Å². The topological polar surface area (TPSA) is 72.7 Å². The number of piperidine rings is 1. The Balaban J connectivity index is 0.000000218. The first-order valence-electron chi connectivity index (χ1n) is 11.5. The first kappa shape index (κ1) is 26.0. The molecule has 0 radical (unpaired) electrons. The number of aromatic nitrogens is 2. The molecular formula is C24H48N4O. The standard InChI is InChI=1S/C9H19N.C8H17N.C7H12N2O/c1-9(2,3)8-6-4-5-7-10-8;1-8(2,3)7-5-4-6-9-7;1-7(2,3)5-4-8-6(10)9-5/h8,10H,4-7H2,1-3H3;7,9H,4-6H2,1-3H3;4H,1-3H3,(H2,8,9,10). The average Bonchev–Trinajstić information content (AvgIpc) is 3.26. The summed E-state index contributed by atoms with van der Waals surface area (Å²) >= 11 is 0. The third kappa shape index (κ3) is 9.99. The molecule has 0 saturated carbocycles. The third-order valence-electron chi connectivity index (χ3n) is 5.87. The Morgan fingerprint density at radius 1 is 0.759 bits per heavy atom. The molecule has 170 valence electrons. The van der Waals surface area contributed by atoms with Crippen LogP contribution in [0.4, 0.5) is 0 Å². The molecule has 3 heterocycles. The third-order valence-corrected chi connectivity index (χ3v) is 5.87. The van der Waals surface area contributed by atoms with Crippen LogP contribution in [0.1, 0.15) is 100 Å². The summed E-state index contributed by atoms with van der Waals surface area (Å²) in [5, 5.41) is 7.06. The monoisotopic (exact) mass is 408 g/mol. The van der Waals surface area contributed by atoms with E-state index in [9.17, 15) is 4.79 Å². The molecule has 0 amide bonds. The molecule has 2 fully saturated rings. The number of aromatic amines is 2. The predicted octanol–water partition coefficient (Wildman–Crippen LogP) is 4.96. The van der Waals surface area contributed by atoms with Gasteiger partial charge in [-0.1, -0.05) is 68.7 Å². The van der Waals surface area contributed by atoms with Gasteiger partial charge in [0.05, 0.1) is 0 Å². The fourth-order valence-electron chi connectivity index (χ4n) is 3.75. The van der Waals surface area contributed by atoms with Crippen LogP contribution in [0.2, 0.25) is 0 Å². The molecule has 2 aliphatic heterocycles. The Morgan fingerprint density at radius 2 is 1.24 bits per heavy atom. The Kier molecular flexibility index (Phi) is 9.68. The van der Waals surface area contributed by atoms with E-state index in [1.807, 2.05) is 20.8 Å². The summed E-state index contributed by atoms with van der Waals surface area (Å²) in [6.07, 6.45) is 8.58. The molecule has 5 nitrogen and oxygen atoms in total. The summed E-state index contributed by atoms with van der Waals surface area (Å²) < 4.78 is 0. The van der Waals surface area contributed by atoms with E-state index < -0.39 is 0 Å². The van der Waals surface area contributed by atoms with Crippen molar-refractivity contribution in [3.63, 3.8) is 0 Å². The lowest BCUT2D eigenvalue weighted by Crippen LogP contribution is -2.43. The molecule has 2 unspecified atom stereocenters. The van der Waals surface area contributed by atoms with Crippen LogP contribution in [-0.2, 0) is 5.41 Å². The minimum Gasteiger partial charge on any atom is -0.313 e. The number of imidazole rings is 1. The summed E-state index contributed by atoms with van der Waals surface area (Å²) in [5.74, 6) is 0. The van der Waals surface area contributed by atoms with Gasteiger partial charge in [-0.25, -0.2) is 4.79 Å². The zero-order valence-electron chi connectivity index (χ0n) is 20.6. The fraction of sp³-hybridized carbons (Fsp3) is 0.875. The average molecular weight is 409 g/mol. The molecule has 0 bridgehead atoms. The van der Waals surface area contributed by atoms with Crippen LogP contribution in [-0.4, -0.2) is 35.1 Å². The first-order chi connectivity index (χ1) is 13.2. The van der Waals surface area contributed by atoms with Gasteiger partial charge in [0.15, 0.2) is 0 Å². The summed E-state index contributed by atoms with van der Waals surface area (Å²) in [6.45, 7) is 22.4. The van der Waals surface area contributed by atoms with Gasteiger partial charge in [-0.15, -0.1) is 0 Å². The summed E-state index contributed by atoms with van der Waals surface area (Å²) in [7, 11) is 0. The van der Waals surface area contributed by atoms with E-state index >= 15 is 0 Å². The van der Waals surface area contributed by atoms with Crippen molar-refractivity contribution < 1.29 is 0 Å². The molecule has 1 aromatic rings. The van der Waals surface area contributed by atoms with E-state index in [2.05, 4.69) is 62.1 Å². The highest BCUT2D eigenvalue weighted by atomic mass is 16.1. The van der Waals surface area contributed by atoms with E-state index in [1.165, 1.54) is 45.2 Å². The van der Waals surface area contributed by atoms with Crippen molar-refractivity contribution in [2.24, 2.45) is 10.8 Å². The highest BCUT2D eigenvalue weighted by Gasteiger charge is 2.26. The van der Waals surface area contributed by atoms with Gasteiger partial charge in [0.2, 0.25) is 0 Å². The van der Waals surface area contributed by atoms with E-state index in [1.54, 1.807) is 6.20 Å². The summed E-state index contributed by atoms with van der Waals surface area (Å²) in [4.78, 5) is 15.9. The largest absolute Gasteiger partial charge is 0.323 e. The second-order valence-corrected chi connectivity index (χ2v) is 11.8. The predicted molar refractivity (Wildman–Crippen MR) is 126 cm³/mol. The molecule has 2 saturated heterocycles. The van der Waals surface area contributed by atoms with E-state index in [-0.39, 0.29) is 11.1 Å². The molecule has 2 aliphatic rings. The van der Waals surface area contributed by atoms with Crippen LogP contribution in [0.5, 0.6) is 0 Å². The highest BCUT2D eigenvalue weighted by molar-refractivity contribution is 5.07. The molecule has 0 spiro atoms. The van der Waals surface area contributed by atoms with Crippen molar-refractivity contribution in [3.8, 4) is 0 Å². The number of nitrogens with one attached hydrogen (secondary N) is 4. The lowest BCUT2D eigenvalue weighted by molar-refractivity contribution is 0.226. The van der Waals surface area contributed by atoms with Crippen LogP contribution in [0.3, 0.4) is 0 Å². The van der Waals surface area contributed by atoms with Crippen molar-refractivity contribution in [2.45, 2.75) is 112 Å².